The van der Waals surface area contributed by atoms with Crippen LogP contribution in [0.1, 0.15) is 31.2 Å². The zero-order valence-corrected chi connectivity index (χ0v) is 11.9. The van der Waals surface area contributed by atoms with E-state index in [1.165, 1.54) is 18.4 Å². The summed E-state index contributed by atoms with van der Waals surface area (Å²) in [6, 6.07) is 4.16. The van der Waals surface area contributed by atoms with Crippen LogP contribution in [0, 0.1) is 12.8 Å². The van der Waals surface area contributed by atoms with E-state index in [0.29, 0.717) is 11.3 Å². The standard InChI is InChI=1S/C14H19ClN4/c1-10-6-13(19-14(7-10)17-9-18-19)16-8-11-2-4-12(15)5-3-11/h6-7,9,11-12,16H,2-5,8H2,1H3. The van der Waals surface area contributed by atoms with Crippen molar-refractivity contribution in [2.75, 3.05) is 11.9 Å². The van der Waals surface area contributed by atoms with Gasteiger partial charge in [0.05, 0.1) is 0 Å². The van der Waals surface area contributed by atoms with Crippen LogP contribution >= 0.6 is 11.6 Å². The molecule has 0 aliphatic heterocycles. The Hall–Kier alpha value is -1.29. The zero-order chi connectivity index (χ0) is 13.2. The van der Waals surface area contributed by atoms with Gasteiger partial charge in [-0.25, -0.2) is 4.98 Å². The summed E-state index contributed by atoms with van der Waals surface area (Å²) in [4.78, 5) is 4.24. The minimum atomic E-state index is 0.386. The molecule has 0 unspecified atom stereocenters. The van der Waals surface area contributed by atoms with Crippen LogP contribution in [0.15, 0.2) is 18.5 Å². The molecule has 0 amide bonds. The summed E-state index contributed by atoms with van der Waals surface area (Å²) < 4.78 is 1.86. The maximum Gasteiger partial charge on any atom is 0.157 e. The second-order valence-corrected chi connectivity index (χ2v) is 6.06. The Bertz CT molecular complexity index is 558. The van der Waals surface area contributed by atoms with Gasteiger partial charge in [-0.05, 0) is 56.2 Å². The maximum atomic E-state index is 6.14. The predicted octanol–water partition coefficient (Wildman–Crippen LogP) is 3.25. The highest BCUT2D eigenvalue weighted by Crippen LogP contribution is 2.27. The summed E-state index contributed by atoms with van der Waals surface area (Å²) in [7, 11) is 0. The van der Waals surface area contributed by atoms with E-state index in [0.717, 1.165) is 30.9 Å². The van der Waals surface area contributed by atoms with Gasteiger partial charge in [0.2, 0.25) is 0 Å². The number of aryl methyl sites for hydroxylation is 1. The Labute approximate surface area is 118 Å². The molecular weight excluding hydrogens is 260 g/mol. The molecule has 102 valence electrons. The van der Waals surface area contributed by atoms with E-state index < -0.39 is 0 Å². The quantitative estimate of drug-likeness (QED) is 0.877. The number of fused-ring (bicyclic) bond motifs is 1. The van der Waals surface area contributed by atoms with E-state index in [1.807, 2.05) is 10.6 Å². The van der Waals surface area contributed by atoms with Crippen LogP contribution in [0.3, 0.4) is 0 Å². The van der Waals surface area contributed by atoms with Crippen LogP contribution in [-0.4, -0.2) is 26.5 Å². The summed E-state index contributed by atoms with van der Waals surface area (Å²) in [5.41, 5.74) is 2.10. The summed E-state index contributed by atoms with van der Waals surface area (Å²) in [5.74, 6) is 1.74. The van der Waals surface area contributed by atoms with Crippen LogP contribution in [0.5, 0.6) is 0 Å². The zero-order valence-electron chi connectivity index (χ0n) is 11.1. The lowest BCUT2D eigenvalue weighted by molar-refractivity contribution is 0.377. The first-order valence-corrected chi connectivity index (χ1v) is 7.34. The van der Waals surface area contributed by atoms with E-state index in [9.17, 15) is 0 Å². The maximum absolute atomic E-state index is 6.14. The Morgan fingerprint density at radius 1 is 1.32 bits per heavy atom. The molecular formula is C14H19ClN4. The molecule has 1 saturated carbocycles. The van der Waals surface area contributed by atoms with Crippen LogP contribution < -0.4 is 5.32 Å². The predicted molar refractivity (Wildman–Crippen MR) is 77.8 cm³/mol. The number of pyridine rings is 1. The fourth-order valence-electron chi connectivity index (χ4n) is 2.76. The number of hydrogen-bond donors (Lipinski definition) is 1. The van der Waals surface area contributed by atoms with Gasteiger partial charge >= 0.3 is 0 Å². The van der Waals surface area contributed by atoms with Crippen LogP contribution in [0.4, 0.5) is 5.82 Å². The van der Waals surface area contributed by atoms with E-state index in [2.05, 4.69) is 28.4 Å². The molecule has 1 N–H and O–H groups in total. The van der Waals surface area contributed by atoms with Crippen LogP contribution in [0.2, 0.25) is 0 Å². The van der Waals surface area contributed by atoms with Crippen molar-refractivity contribution < 1.29 is 0 Å². The Morgan fingerprint density at radius 2 is 2.11 bits per heavy atom. The van der Waals surface area contributed by atoms with Gasteiger partial charge in [-0.3, -0.25) is 0 Å². The first-order chi connectivity index (χ1) is 9.22. The topological polar surface area (TPSA) is 42.2 Å². The minimum absolute atomic E-state index is 0.386. The lowest BCUT2D eigenvalue weighted by atomic mass is 9.89. The average Bonchev–Trinajstić information content (AvgIpc) is 2.85. The molecule has 4 nitrogen and oxygen atoms in total. The monoisotopic (exact) mass is 278 g/mol. The molecule has 2 heterocycles. The van der Waals surface area contributed by atoms with Crippen molar-refractivity contribution in [2.24, 2.45) is 5.92 Å². The summed E-state index contributed by atoms with van der Waals surface area (Å²) in [5, 5.41) is 8.16. The third-order valence-corrected chi connectivity index (χ3v) is 4.31. The van der Waals surface area contributed by atoms with Crippen LogP contribution in [-0.2, 0) is 0 Å². The molecule has 5 heteroatoms. The molecule has 1 aliphatic rings. The summed E-state index contributed by atoms with van der Waals surface area (Å²) in [6.45, 7) is 3.07. The molecule has 0 saturated heterocycles. The molecule has 1 aliphatic carbocycles. The van der Waals surface area contributed by atoms with Gasteiger partial charge in [0.15, 0.2) is 5.65 Å². The van der Waals surface area contributed by atoms with Crippen molar-refractivity contribution in [3.63, 3.8) is 0 Å². The van der Waals surface area contributed by atoms with Crippen molar-refractivity contribution in [3.05, 3.63) is 24.0 Å². The first kappa shape index (κ1) is 12.7. The first-order valence-electron chi connectivity index (χ1n) is 6.90. The highest BCUT2D eigenvalue weighted by molar-refractivity contribution is 6.20. The van der Waals surface area contributed by atoms with E-state index in [1.54, 1.807) is 6.33 Å². The fraction of sp³-hybridized carbons (Fsp3) is 0.571. The Kier molecular flexibility index (Phi) is 3.60. The summed E-state index contributed by atoms with van der Waals surface area (Å²) >= 11 is 6.14. The normalized spacial score (nSPS) is 23.7. The van der Waals surface area contributed by atoms with Crippen molar-refractivity contribution in [2.45, 2.75) is 38.0 Å². The van der Waals surface area contributed by atoms with Crippen molar-refractivity contribution in [1.82, 2.24) is 14.6 Å². The number of nitrogens with one attached hydrogen (secondary N) is 1. The highest BCUT2D eigenvalue weighted by atomic mass is 35.5. The third-order valence-electron chi connectivity index (χ3n) is 3.87. The lowest BCUT2D eigenvalue weighted by Crippen LogP contribution is -2.22. The van der Waals surface area contributed by atoms with E-state index in [4.69, 9.17) is 11.6 Å². The summed E-state index contributed by atoms with van der Waals surface area (Å²) in [6.07, 6.45) is 6.31. The van der Waals surface area contributed by atoms with E-state index >= 15 is 0 Å². The number of aromatic nitrogens is 3. The van der Waals surface area contributed by atoms with Gasteiger partial charge < -0.3 is 5.32 Å². The van der Waals surface area contributed by atoms with Crippen LogP contribution in [0.25, 0.3) is 5.65 Å². The minimum Gasteiger partial charge on any atom is -0.370 e. The van der Waals surface area contributed by atoms with Gasteiger partial charge in [-0.15, -0.1) is 11.6 Å². The Morgan fingerprint density at radius 3 is 2.89 bits per heavy atom. The number of halogens is 1. The number of rotatable bonds is 3. The number of alkyl halides is 1. The smallest absolute Gasteiger partial charge is 0.157 e. The van der Waals surface area contributed by atoms with Crippen molar-refractivity contribution >= 4 is 23.1 Å². The van der Waals surface area contributed by atoms with Gasteiger partial charge in [-0.1, -0.05) is 0 Å². The highest BCUT2D eigenvalue weighted by Gasteiger charge is 2.19. The number of anilines is 1. The van der Waals surface area contributed by atoms with Gasteiger partial charge in [-0.2, -0.15) is 9.61 Å². The van der Waals surface area contributed by atoms with E-state index in [-0.39, 0.29) is 0 Å². The molecule has 0 atom stereocenters. The second-order valence-electron chi connectivity index (χ2n) is 5.45. The molecule has 2 aromatic rings. The fourth-order valence-corrected chi connectivity index (χ4v) is 3.01. The lowest BCUT2D eigenvalue weighted by Gasteiger charge is -2.25. The molecule has 1 fully saturated rings. The number of nitrogens with zero attached hydrogens (tertiary/aromatic N) is 3. The molecule has 3 rings (SSSR count). The molecule has 2 aromatic heterocycles. The molecule has 0 radical (unpaired) electrons. The molecule has 0 bridgehead atoms. The number of hydrogen-bond acceptors (Lipinski definition) is 3. The average molecular weight is 279 g/mol. The second kappa shape index (κ2) is 5.37. The van der Waals surface area contributed by atoms with Gasteiger partial charge in [0.1, 0.15) is 12.1 Å². The Balaban J connectivity index is 1.69. The SMILES string of the molecule is Cc1cc(NCC2CCC(Cl)CC2)n2ncnc2c1. The van der Waals surface area contributed by atoms with Gasteiger partial charge in [0.25, 0.3) is 0 Å². The van der Waals surface area contributed by atoms with Crippen molar-refractivity contribution in [3.8, 4) is 0 Å². The van der Waals surface area contributed by atoms with Crippen molar-refractivity contribution in [1.29, 1.82) is 0 Å². The van der Waals surface area contributed by atoms with Gasteiger partial charge in [0, 0.05) is 11.9 Å². The largest absolute Gasteiger partial charge is 0.370 e. The molecule has 0 aromatic carbocycles. The molecule has 0 spiro atoms. The molecule has 19 heavy (non-hydrogen) atoms. The third kappa shape index (κ3) is 2.84.